The van der Waals surface area contributed by atoms with Crippen LogP contribution in [0.25, 0.3) is 11.1 Å². The number of carbonyl (C=O) groups is 3. The summed E-state index contributed by atoms with van der Waals surface area (Å²) in [6, 6.07) is 16.0. The van der Waals surface area contributed by atoms with E-state index < -0.39 is 17.6 Å². The zero-order valence-electron chi connectivity index (χ0n) is 19.7. The highest BCUT2D eigenvalue weighted by atomic mass is 16.5. The van der Waals surface area contributed by atoms with Crippen LogP contribution in [0.4, 0.5) is 4.79 Å². The van der Waals surface area contributed by atoms with E-state index in [0.717, 1.165) is 30.4 Å². The molecule has 7 heteroatoms. The van der Waals surface area contributed by atoms with Crippen LogP contribution in [-0.4, -0.2) is 41.3 Å². The summed E-state index contributed by atoms with van der Waals surface area (Å²) in [7, 11) is 0. The van der Waals surface area contributed by atoms with Crippen molar-refractivity contribution in [3.63, 3.8) is 0 Å². The molecule has 1 unspecified atom stereocenters. The van der Waals surface area contributed by atoms with Crippen LogP contribution in [-0.2, 0) is 14.3 Å². The normalized spacial score (nSPS) is 16.1. The summed E-state index contributed by atoms with van der Waals surface area (Å²) in [5, 5.41) is 14.7. The number of carboxylic acid groups (broad SMARTS) is 1. The van der Waals surface area contributed by atoms with Crippen molar-refractivity contribution in [2.75, 3.05) is 6.61 Å². The second kappa shape index (κ2) is 9.87. The zero-order chi connectivity index (χ0) is 24.3. The maximum atomic E-state index is 12.7. The number of hydrogen-bond donors (Lipinski definition) is 3. The third-order valence-electron chi connectivity index (χ3n) is 6.84. The van der Waals surface area contributed by atoms with E-state index >= 15 is 0 Å². The Morgan fingerprint density at radius 2 is 1.62 bits per heavy atom. The van der Waals surface area contributed by atoms with E-state index in [1.165, 1.54) is 11.1 Å². The second-order valence-electron chi connectivity index (χ2n) is 9.97. The number of aliphatic carboxylic acids is 1. The fourth-order valence-corrected chi connectivity index (χ4v) is 5.02. The van der Waals surface area contributed by atoms with E-state index in [9.17, 15) is 14.4 Å². The highest BCUT2D eigenvalue weighted by Crippen LogP contribution is 2.44. The van der Waals surface area contributed by atoms with E-state index in [4.69, 9.17) is 9.84 Å². The van der Waals surface area contributed by atoms with Gasteiger partial charge in [0.25, 0.3) is 0 Å². The predicted octanol–water partition coefficient (Wildman–Crippen LogP) is 4.45. The van der Waals surface area contributed by atoms with Crippen LogP contribution in [0.2, 0.25) is 0 Å². The molecule has 2 amide bonds. The van der Waals surface area contributed by atoms with Crippen molar-refractivity contribution in [3.05, 3.63) is 59.7 Å². The van der Waals surface area contributed by atoms with Gasteiger partial charge >= 0.3 is 12.1 Å². The number of alkyl carbamates (subject to hydrolysis) is 1. The smallest absolute Gasteiger partial charge is 0.407 e. The second-order valence-corrected chi connectivity index (χ2v) is 9.97. The number of benzene rings is 2. The van der Waals surface area contributed by atoms with Crippen LogP contribution in [0.1, 0.15) is 63.0 Å². The van der Waals surface area contributed by atoms with Crippen molar-refractivity contribution in [3.8, 4) is 11.1 Å². The topological polar surface area (TPSA) is 105 Å². The SMILES string of the molecule is CC(C)(CC(=O)O)NC(=O)CC(NC(=O)OCC1c2ccccc2-c2ccccc21)C1CCC1. The number of carbonyl (C=O) groups excluding carboxylic acids is 2. The van der Waals surface area contributed by atoms with Crippen molar-refractivity contribution in [2.45, 2.75) is 63.5 Å². The summed E-state index contributed by atoms with van der Waals surface area (Å²) in [5.41, 5.74) is 3.76. The number of amides is 2. The summed E-state index contributed by atoms with van der Waals surface area (Å²) in [5.74, 6) is -1.06. The molecular formula is C27H32N2O5. The number of fused-ring (bicyclic) bond motifs is 3. The molecule has 7 nitrogen and oxygen atoms in total. The van der Waals surface area contributed by atoms with Gasteiger partial charge in [-0.25, -0.2) is 4.79 Å². The lowest BCUT2D eigenvalue weighted by Crippen LogP contribution is -2.50. The molecule has 4 rings (SSSR count). The van der Waals surface area contributed by atoms with Crippen molar-refractivity contribution >= 4 is 18.0 Å². The average molecular weight is 465 g/mol. The summed E-state index contributed by atoms with van der Waals surface area (Å²) < 4.78 is 5.66. The molecule has 0 aliphatic heterocycles. The summed E-state index contributed by atoms with van der Waals surface area (Å²) in [4.78, 5) is 36.4. The first-order chi connectivity index (χ1) is 16.2. The minimum atomic E-state index is -0.974. The van der Waals surface area contributed by atoms with Crippen molar-refractivity contribution in [1.82, 2.24) is 10.6 Å². The van der Waals surface area contributed by atoms with Gasteiger partial charge in [0.1, 0.15) is 6.61 Å². The van der Waals surface area contributed by atoms with Crippen LogP contribution in [0.15, 0.2) is 48.5 Å². The van der Waals surface area contributed by atoms with E-state index in [1.54, 1.807) is 13.8 Å². The molecule has 0 radical (unpaired) electrons. The van der Waals surface area contributed by atoms with E-state index in [1.807, 2.05) is 24.3 Å². The van der Waals surface area contributed by atoms with Crippen LogP contribution in [0.5, 0.6) is 0 Å². The molecule has 2 aliphatic carbocycles. The summed E-state index contributed by atoms with van der Waals surface area (Å²) >= 11 is 0. The van der Waals surface area contributed by atoms with Gasteiger partial charge in [0.05, 0.1) is 6.42 Å². The van der Waals surface area contributed by atoms with Gasteiger partial charge in [-0.3, -0.25) is 9.59 Å². The van der Waals surface area contributed by atoms with Crippen LogP contribution in [0, 0.1) is 5.92 Å². The molecule has 0 bridgehead atoms. The largest absolute Gasteiger partial charge is 0.481 e. The van der Waals surface area contributed by atoms with Crippen molar-refractivity contribution in [2.24, 2.45) is 5.92 Å². The van der Waals surface area contributed by atoms with Gasteiger partial charge in [0, 0.05) is 23.9 Å². The molecule has 1 fully saturated rings. The molecule has 2 aliphatic rings. The Bertz CT molecular complexity index is 1030. The molecule has 3 N–H and O–H groups in total. The minimum absolute atomic E-state index is 0.0274. The number of hydrogen-bond acceptors (Lipinski definition) is 4. The number of ether oxygens (including phenoxy) is 1. The molecule has 1 saturated carbocycles. The molecule has 0 saturated heterocycles. The van der Waals surface area contributed by atoms with Gasteiger partial charge in [0.2, 0.25) is 5.91 Å². The third-order valence-corrected chi connectivity index (χ3v) is 6.84. The average Bonchev–Trinajstić information content (AvgIpc) is 3.03. The van der Waals surface area contributed by atoms with Crippen LogP contribution in [0.3, 0.4) is 0 Å². The Balaban J connectivity index is 1.37. The van der Waals surface area contributed by atoms with Crippen LogP contribution < -0.4 is 10.6 Å². The Labute approximate surface area is 199 Å². The highest BCUT2D eigenvalue weighted by molar-refractivity contribution is 5.80. The Kier molecular flexibility index (Phi) is 6.91. The number of carboxylic acids is 1. The monoisotopic (exact) mass is 464 g/mol. The standard InChI is InChI=1S/C27H32N2O5/c1-27(2,15-25(31)32)29-24(30)14-23(17-8-7-9-17)28-26(33)34-16-22-20-12-5-3-10-18(20)19-11-4-6-13-21(19)22/h3-6,10-13,17,22-23H,7-9,14-16H2,1-2H3,(H,28,33)(H,29,30)(H,31,32). The fraction of sp³-hybridized carbons (Fsp3) is 0.444. The quantitative estimate of drug-likeness (QED) is 0.508. The lowest BCUT2D eigenvalue weighted by molar-refractivity contribution is -0.138. The van der Waals surface area contributed by atoms with Crippen molar-refractivity contribution < 1.29 is 24.2 Å². The van der Waals surface area contributed by atoms with Gasteiger partial charge in [-0.2, -0.15) is 0 Å². The maximum Gasteiger partial charge on any atom is 0.407 e. The molecule has 34 heavy (non-hydrogen) atoms. The summed E-state index contributed by atoms with van der Waals surface area (Å²) in [6.07, 6.45) is 2.35. The first kappa shape index (κ1) is 23.8. The first-order valence-electron chi connectivity index (χ1n) is 11.9. The van der Waals surface area contributed by atoms with Crippen LogP contribution >= 0.6 is 0 Å². The van der Waals surface area contributed by atoms with E-state index in [0.29, 0.717) is 0 Å². The van der Waals surface area contributed by atoms with Crippen molar-refractivity contribution in [1.29, 1.82) is 0 Å². The minimum Gasteiger partial charge on any atom is -0.481 e. The maximum absolute atomic E-state index is 12.7. The third kappa shape index (κ3) is 5.41. The molecule has 0 aromatic heterocycles. The first-order valence-corrected chi connectivity index (χ1v) is 11.9. The summed E-state index contributed by atoms with van der Waals surface area (Å²) in [6.45, 7) is 3.57. The lowest BCUT2D eigenvalue weighted by atomic mass is 9.78. The predicted molar refractivity (Wildman–Crippen MR) is 128 cm³/mol. The fourth-order valence-electron chi connectivity index (χ4n) is 5.02. The van der Waals surface area contributed by atoms with Gasteiger partial charge in [-0.1, -0.05) is 55.0 Å². The Hall–Kier alpha value is -3.35. The van der Waals surface area contributed by atoms with Gasteiger partial charge in [-0.05, 0) is 54.9 Å². The van der Waals surface area contributed by atoms with Gasteiger partial charge in [0.15, 0.2) is 0 Å². The van der Waals surface area contributed by atoms with E-state index in [-0.39, 0.29) is 43.2 Å². The molecule has 180 valence electrons. The molecule has 2 aromatic rings. The Morgan fingerprint density at radius 3 is 2.15 bits per heavy atom. The van der Waals surface area contributed by atoms with Gasteiger partial charge < -0.3 is 20.5 Å². The number of nitrogens with one attached hydrogen (secondary N) is 2. The number of rotatable bonds is 9. The molecule has 1 atom stereocenters. The molecule has 0 heterocycles. The lowest BCUT2D eigenvalue weighted by Gasteiger charge is -2.34. The zero-order valence-corrected chi connectivity index (χ0v) is 19.7. The molecule has 0 spiro atoms. The van der Waals surface area contributed by atoms with Gasteiger partial charge in [-0.15, -0.1) is 0 Å². The Morgan fingerprint density at radius 1 is 1.03 bits per heavy atom. The van der Waals surface area contributed by atoms with E-state index in [2.05, 4.69) is 34.9 Å². The molecule has 2 aromatic carbocycles. The highest BCUT2D eigenvalue weighted by Gasteiger charge is 2.33. The molecular weight excluding hydrogens is 432 g/mol.